The van der Waals surface area contributed by atoms with E-state index in [9.17, 15) is 14.0 Å². The van der Waals surface area contributed by atoms with Crippen molar-refractivity contribution in [2.75, 3.05) is 7.11 Å². The van der Waals surface area contributed by atoms with Crippen LogP contribution in [0.25, 0.3) is 0 Å². The fourth-order valence-electron chi connectivity index (χ4n) is 1.20. The molecule has 0 saturated carbocycles. The zero-order chi connectivity index (χ0) is 11.4. The lowest BCUT2D eigenvalue weighted by atomic mass is 10.1. The zero-order valence-corrected chi connectivity index (χ0v) is 8.54. The van der Waals surface area contributed by atoms with Gasteiger partial charge in [0.15, 0.2) is 0 Å². The molecule has 80 valence electrons. The first kappa shape index (κ1) is 11.4. The summed E-state index contributed by atoms with van der Waals surface area (Å²) in [5.41, 5.74) is 0.663. The van der Waals surface area contributed by atoms with Crippen molar-refractivity contribution >= 4 is 11.8 Å². The van der Waals surface area contributed by atoms with Gasteiger partial charge in [-0.2, -0.15) is 0 Å². The Kier molecular flexibility index (Phi) is 3.55. The van der Waals surface area contributed by atoms with Gasteiger partial charge in [-0.3, -0.25) is 4.79 Å². The highest BCUT2D eigenvalue weighted by Gasteiger charge is 2.16. The molecule has 0 bridgehead atoms. The van der Waals surface area contributed by atoms with Gasteiger partial charge in [0.25, 0.3) is 0 Å². The first-order valence-corrected chi connectivity index (χ1v) is 4.41. The van der Waals surface area contributed by atoms with Crippen LogP contribution in [-0.4, -0.2) is 18.9 Å². The molecule has 1 aromatic carbocycles. The molecule has 0 saturated heterocycles. The Morgan fingerprint density at radius 3 is 2.67 bits per heavy atom. The molecule has 0 aliphatic carbocycles. The van der Waals surface area contributed by atoms with Crippen LogP contribution in [0, 0.1) is 12.7 Å². The number of carbonyl (C=O) groups excluding carboxylic acids is 2. The first-order chi connectivity index (χ1) is 7.06. The third-order valence-corrected chi connectivity index (χ3v) is 2.04. The number of Topliss-reactive ketones (excluding diaryl/α,β-unsaturated/α-hetero) is 1. The summed E-state index contributed by atoms with van der Waals surface area (Å²) in [7, 11) is 1.12. The Hall–Kier alpha value is -1.71. The minimum Gasteiger partial charge on any atom is -0.463 e. The maximum atomic E-state index is 13.4. The van der Waals surface area contributed by atoms with Gasteiger partial charge in [-0.05, 0) is 18.1 Å². The molecule has 1 rings (SSSR count). The highest BCUT2D eigenvalue weighted by molar-refractivity contribution is 6.34. The minimum absolute atomic E-state index is 0.213. The summed E-state index contributed by atoms with van der Waals surface area (Å²) in [6.07, 6.45) is -0.264. The first-order valence-electron chi connectivity index (χ1n) is 4.41. The SMILES string of the molecule is COC(=O)C(=O)Cc1cccc(C)c1F. The average Bonchev–Trinajstić information content (AvgIpc) is 2.23. The van der Waals surface area contributed by atoms with Gasteiger partial charge in [-0.25, -0.2) is 9.18 Å². The number of hydrogen-bond acceptors (Lipinski definition) is 3. The van der Waals surface area contributed by atoms with Gasteiger partial charge in [-0.1, -0.05) is 18.2 Å². The van der Waals surface area contributed by atoms with Crippen LogP contribution < -0.4 is 0 Å². The van der Waals surface area contributed by atoms with Crippen molar-refractivity contribution in [2.24, 2.45) is 0 Å². The molecule has 0 heterocycles. The lowest BCUT2D eigenvalue weighted by Gasteiger charge is -2.03. The van der Waals surface area contributed by atoms with Crippen molar-refractivity contribution in [3.8, 4) is 0 Å². The molecule has 0 radical (unpaired) electrons. The number of carbonyl (C=O) groups is 2. The molecule has 0 N–H and O–H groups in total. The van der Waals surface area contributed by atoms with Crippen LogP contribution in [0.3, 0.4) is 0 Å². The number of esters is 1. The quantitative estimate of drug-likeness (QED) is 0.559. The Bertz CT molecular complexity index is 399. The molecular formula is C11H11FO3. The molecule has 4 heteroatoms. The minimum atomic E-state index is -0.948. The second kappa shape index (κ2) is 4.68. The van der Waals surface area contributed by atoms with Crippen molar-refractivity contribution in [3.63, 3.8) is 0 Å². The van der Waals surface area contributed by atoms with Crippen molar-refractivity contribution < 1.29 is 18.7 Å². The third-order valence-electron chi connectivity index (χ3n) is 2.04. The standard InChI is InChI=1S/C11H11FO3/c1-7-4-3-5-8(10(7)12)6-9(13)11(14)15-2/h3-5H,6H2,1-2H3. The number of hydrogen-bond donors (Lipinski definition) is 0. The fourth-order valence-corrected chi connectivity index (χ4v) is 1.20. The largest absolute Gasteiger partial charge is 0.463 e. The summed E-state index contributed by atoms with van der Waals surface area (Å²) in [5.74, 6) is -2.15. The van der Waals surface area contributed by atoms with Crippen molar-refractivity contribution in [1.29, 1.82) is 0 Å². The molecule has 0 amide bonds. The second-order valence-electron chi connectivity index (χ2n) is 3.14. The number of ether oxygens (including phenoxy) is 1. The molecule has 3 nitrogen and oxygen atoms in total. The van der Waals surface area contributed by atoms with Gasteiger partial charge in [0.2, 0.25) is 5.78 Å². The van der Waals surface area contributed by atoms with Crippen molar-refractivity contribution in [2.45, 2.75) is 13.3 Å². The molecule has 0 aliphatic heterocycles. The number of rotatable bonds is 3. The molecule has 0 unspecified atom stereocenters. The Morgan fingerprint density at radius 1 is 1.40 bits per heavy atom. The summed E-state index contributed by atoms with van der Waals surface area (Å²) in [5, 5.41) is 0. The second-order valence-corrected chi connectivity index (χ2v) is 3.14. The monoisotopic (exact) mass is 210 g/mol. The van der Waals surface area contributed by atoms with Gasteiger partial charge >= 0.3 is 5.97 Å². The topological polar surface area (TPSA) is 43.4 Å². The van der Waals surface area contributed by atoms with Gasteiger partial charge in [0.1, 0.15) is 5.82 Å². The van der Waals surface area contributed by atoms with Crippen LogP contribution in [0.5, 0.6) is 0 Å². The summed E-state index contributed by atoms with van der Waals surface area (Å²) in [6, 6.07) is 4.71. The van der Waals surface area contributed by atoms with E-state index in [-0.39, 0.29) is 12.0 Å². The molecular weight excluding hydrogens is 199 g/mol. The van der Waals surface area contributed by atoms with Crippen molar-refractivity contribution in [1.82, 2.24) is 0 Å². The Morgan fingerprint density at radius 2 is 2.07 bits per heavy atom. The van der Waals surface area contributed by atoms with E-state index in [0.29, 0.717) is 5.56 Å². The molecule has 0 aliphatic rings. The van der Waals surface area contributed by atoms with Crippen LogP contribution in [0.1, 0.15) is 11.1 Å². The number of halogens is 1. The van der Waals surface area contributed by atoms with E-state index in [2.05, 4.69) is 4.74 Å². The molecule has 0 aromatic heterocycles. The number of benzene rings is 1. The predicted molar refractivity (Wildman–Crippen MR) is 51.9 cm³/mol. The van der Waals surface area contributed by atoms with Crippen LogP contribution in [0.2, 0.25) is 0 Å². The maximum Gasteiger partial charge on any atom is 0.374 e. The van der Waals surface area contributed by atoms with Crippen molar-refractivity contribution in [3.05, 3.63) is 35.1 Å². The summed E-state index contributed by atoms with van der Waals surface area (Å²) in [4.78, 5) is 22.0. The van der Waals surface area contributed by atoms with Crippen LogP contribution in [0.4, 0.5) is 4.39 Å². The summed E-state index contributed by atoms with van der Waals surface area (Å²) >= 11 is 0. The summed E-state index contributed by atoms with van der Waals surface area (Å²) in [6.45, 7) is 1.60. The molecule has 15 heavy (non-hydrogen) atoms. The van der Waals surface area contributed by atoms with E-state index in [1.54, 1.807) is 19.1 Å². The Balaban J connectivity index is 2.86. The highest BCUT2D eigenvalue weighted by atomic mass is 19.1. The van der Waals surface area contributed by atoms with Crippen LogP contribution in [0.15, 0.2) is 18.2 Å². The number of methoxy groups -OCH3 is 1. The Labute approximate surface area is 86.9 Å². The van der Waals surface area contributed by atoms with Crippen LogP contribution >= 0.6 is 0 Å². The van der Waals surface area contributed by atoms with Gasteiger partial charge in [0.05, 0.1) is 7.11 Å². The maximum absolute atomic E-state index is 13.4. The number of aryl methyl sites for hydroxylation is 1. The zero-order valence-electron chi connectivity index (χ0n) is 8.54. The fraction of sp³-hybridized carbons (Fsp3) is 0.273. The van der Waals surface area contributed by atoms with E-state index in [1.807, 2.05) is 0 Å². The lowest BCUT2D eigenvalue weighted by Crippen LogP contribution is -2.18. The predicted octanol–water partition coefficient (Wildman–Crippen LogP) is 1.42. The average molecular weight is 210 g/mol. The van der Waals surface area contributed by atoms with E-state index in [1.165, 1.54) is 6.07 Å². The van der Waals surface area contributed by atoms with E-state index < -0.39 is 17.6 Å². The lowest BCUT2D eigenvalue weighted by molar-refractivity contribution is -0.151. The molecule has 0 spiro atoms. The smallest absolute Gasteiger partial charge is 0.374 e. The van der Waals surface area contributed by atoms with Gasteiger partial charge in [0, 0.05) is 6.42 Å². The molecule has 1 aromatic rings. The van der Waals surface area contributed by atoms with Gasteiger partial charge in [-0.15, -0.1) is 0 Å². The molecule has 0 atom stereocenters. The highest BCUT2D eigenvalue weighted by Crippen LogP contribution is 2.12. The van der Waals surface area contributed by atoms with Crippen LogP contribution in [-0.2, 0) is 20.7 Å². The van der Waals surface area contributed by atoms with E-state index in [4.69, 9.17) is 0 Å². The van der Waals surface area contributed by atoms with Gasteiger partial charge < -0.3 is 4.74 Å². The molecule has 0 fully saturated rings. The number of ketones is 1. The third kappa shape index (κ3) is 2.62. The van der Waals surface area contributed by atoms with E-state index >= 15 is 0 Å². The van der Waals surface area contributed by atoms with E-state index in [0.717, 1.165) is 7.11 Å². The summed E-state index contributed by atoms with van der Waals surface area (Å²) < 4.78 is 17.7. The normalized spacial score (nSPS) is 9.80.